The first-order valence-corrected chi connectivity index (χ1v) is 7.86. The highest BCUT2D eigenvalue weighted by Crippen LogP contribution is 2.43. The first-order valence-electron chi connectivity index (χ1n) is 4.70. The SMILES string of the molecule is CC(Br)(CCl)C1CC(Br)C(C)(C=CBr)O1. The lowest BCUT2D eigenvalue weighted by atomic mass is 9.99. The van der Waals surface area contributed by atoms with Gasteiger partial charge in [-0.3, -0.25) is 0 Å². The van der Waals surface area contributed by atoms with E-state index in [1.165, 1.54) is 0 Å². The smallest absolute Gasteiger partial charge is 0.0972 e. The van der Waals surface area contributed by atoms with Gasteiger partial charge in [0, 0.05) is 10.7 Å². The van der Waals surface area contributed by atoms with E-state index < -0.39 is 0 Å². The molecule has 88 valence electrons. The molecule has 0 N–H and O–H groups in total. The maximum atomic E-state index is 6.06. The highest BCUT2D eigenvalue weighted by Gasteiger charge is 2.48. The molecule has 0 radical (unpaired) electrons. The average Bonchev–Trinajstić information content (AvgIpc) is 2.45. The fourth-order valence-corrected chi connectivity index (χ4v) is 3.15. The zero-order valence-electron chi connectivity index (χ0n) is 8.64. The first-order chi connectivity index (χ1) is 6.85. The van der Waals surface area contributed by atoms with Crippen molar-refractivity contribution in [2.24, 2.45) is 0 Å². The molecule has 0 saturated carbocycles. The van der Waals surface area contributed by atoms with Gasteiger partial charge < -0.3 is 4.74 Å². The Labute approximate surface area is 121 Å². The molecule has 4 unspecified atom stereocenters. The van der Waals surface area contributed by atoms with Gasteiger partial charge in [0.1, 0.15) is 0 Å². The fourth-order valence-electron chi connectivity index (χ4n) is 1.57. The largest absolute Gasteiger partial charge is 0.365 e. The van der Waals surface area contributed by atoms with Crippen LogP contribution >= 0.6 is 59.4 Å². The molecule has 0 amide bonds. The lowest BCUT2D eigenvalue weighted by Gasteiger charge is -2.29. The van der Waals surface area contributed by atoms with E-state index in [1.54, 1.807) is 0 Å². The van der Waals surface area contributed by atoms with Crippen molar-refractivity contribution in [3.63, 3.8) is 0 Å². The summed E-state index contributed by atoms with van der Waals surface area (Å²) in [6.07, 6.45) is 3.08. The molecule has 4 atom stereocenters. The monoisotopic (exact) mass is 422 g/mol. The Morgan fingerprint density at radius 1 is 1.67 bits per heavy atom. The Hall–Kier alpha value is 1.43. The molecule has 0 bridgehead atoms. The molecule has 1 fully saturated rings. The zero-order valence-corrected chi connectivity index (χ0v) is 14.2. The van der Waals surface area contributed by atoms with Crippen LogP contribution in [0.4, 0.5) is 0 Å². The number of alkyl halides is 3. The van der Waals surface area contributed by atoms with E-state index in [9.17, 15) is 0 Å². The lowest BCUT2D eigenvalue weighted by Crippen LogP contribution is -2.37. The predicted octanol–water partition coefficient (Wildman–Crippen LogP) is 4.60. The summed E-state index contributed by atoms with van der Waals surface area (Å²) >= 11 is 16.5. The van der Waals surface area contributed by atoms with Crippen molar-refractivity contribution >= 4 is 59.4 Å². The third-order valence-electron chi connectivity index (χ3n) is 2.77. The van der Waals surface area contributed by atoms with Crippen LogP contribution in [0.2, 0.25) is 0 Å². The molecule has 1 rings (SSSR count). The van der Waals surface area contributed by atoms with Crippen molar-refractivity contribution in [2.45, 2.75) is 41.1 Å². The molecule has 0 aromatic rings. The van der Waals surface area contributed by atoms with Gasteiger partial charge in [-0.1, -0.05) is 47.8 Å². The first kappa shape index (κ1) is 14.5. The predicted molar refractivity (Wildman–Crippen MR) is 76.7 cm³/mol. The van der Waals surface area contributed by atoms with Crippen molar-refractivity contribution in [1.82, 2.24) is 0 Å². The molecule has 15 heavy (non-hydrogen) atoms. The molecule has 0 spiro atoms. The van der Waals surface area contributed by atoms with E-state index >= 15 is 0 Å². The summed E-state index contributed by atoms with van der Waals surface area (Å²) in [7, 11) is 0. The van der Waals surface area contributed by atoms with Crippen molar-refractivity contribution in [3.8, 4) is 0 Å². The van der Waals surface area contributed by atoms with Crippen LogP contribution in [0.3, 0.4) is 0 Å². The van der Waals surface area contributed by atoms with E-state index in [1.807, 2.05) is 11.1 Å². The van der Waals surface area contributed by atoms with Crippen LogP contribution < -0.4 is 0 Å². The van der Waals surface area contributed by atoms with Crippen LogP contribution in [-0.4, -0.2) is 26.7 Å². The summed E-state index contributed by atoms with van der Waals surface area (Å²) in [5, 5.41) is 0. The molecule has 0 aromatic carbocycles. The third-order valence-corrected chi connectivity index (χ3v) is 5.98. The topological polar surface area (TPSA) is 9.23 Å². The van der Waals surface area contributed by atoms with Crippen molar-refractivity contribution in [3.05, 3.63) is 11.1 Å². The summed E-state index contributed by atoms with van der Waals surface area (Å²) in [4.78, 5) is 2.15. The fraction of sp³-hybridized carbons (Fsp3) is 0.800. The van der Waals surface area contributed by atoms with E-state index in [0.717, 1.165) is 6.42 Å². The second-order valence-corrected chi connectivity index (χ2v) is 7.91. The maximum absolute atomic E-state index is 6.06. The van der Waals surface area contributed by atoms with Crippen LogP contribution in [0, 0.1) is 0 Å². The molecule has 0 aliphatic carbocycles. The lowest BCUT2D eigenvalue weighted by molar-refractivity contribution is -0.00458. The highest BCUT2D eigenvalue weighted by atomic mass is 79.9. The van der Waals surface area contributed by atoms with Crippen molar-refractivity contribution in [1.29, 1.82) is 0 Å². The van der Waals surface area contributed by atoms with Crippen molar-refractivity contribution in [2.75, 3.05) is 5.88 Å². The minimum absolute atomic E-state index is 0.119. The molecule has 1 heterocycles. The van der Waals surface area contributed by atoms with Gasteiger partial charge in [-0.05, 0) is 31.3 Å². The van der Waals surface area contributed by atoms with Crippen LogP contribution in [-0.2, 0) is 4.74 Å². The molecule has 1 aliphatic heterocycles. The zero-order chi connectivity index (χ0) is 11.7. The number of rotatable bonds is 3. The second kappa shape index (κ2) is 5.38. The quantitative estimate of drug-likeness (QED) is 0.601. The average molecular weight is 425 g/mol. The Kier molecular flexibility index (Phi) is 5.20. The Balaban J connectivity index is 2.80. The van der Waals surface area contributed by atoms with E-state index in [-0.39, 0.29) is 16.0 Å². The van der Waals surface area contributed by atoms with E-state index in [0.29, 0.717) is 10.7 Å². The number of ether oxygens (including phenoxy) is 1. The summed E-state index contributed by atoms with van der Waals surface area (Å²) in [5.74, 6) is 0.533. The number of hydrogen-bond donors (Lipinski definition) is 0. The molecule has 1 nitrogen and oxygen atoms in total. The van der Waals surface area contributed by atoms with Gasteiger partial charge in [-0.15, -0.1) is 11.6 Å². The minimum atomic E-state index is -0.269. The number of halogens is 4. The second-order valence-electron chi connectivity index (χ2n) is 4.20. The highest BCUT2D eigenvalue weighted by molar-refractivity contribution is 9.11. The Bertz CT molecular complexity index is 257. The summed E-state index contributed by atoms with van der Waals surface area (Å²) in [6, 6.07) is 0. The summed E-state index contributed by atoms with van der Waals surface area (Å²) in [6.45, 7) is 4.13. The van der Waals surface area contributed by atoms with E-state index in [4.69, 9.17) is 16.3 Å². The standard InChI is InChI=1S/C10H14Br3ClO/c1-9(13,6-14)8-5-7(12)10(2,15-8)3-4-11/h3-4,7-8H,5-6H2,1-2H3. The third kappa shape index (κ3) is 3.21. The summed E-state index contributed by atoms with van der Waals surface area (Å²) < 4.78 is 5.89. The maximum Gasteiger partial charge on any atom is 0.0972 e. The summed E-state index contributed by atoms with van der Waals surface area (Å²) in [5.41, 5.74) is -0.269. The molecular weight excluding hydrogens is 411 g/mol. The Morgan fingerprint density at radius 3 is 2.73 bits per heavy atom. The van der Waals surface area contributed by atoms with Gasteiger partial charge in [0.15, 0.2) is 0 Å². The molecule has 1 aliphatic rings. The molecule has 1 saturated heterocycles. The molecule has 5 heteroatoms. The number of hydrogen-bond acceptors (Lipinski definition) is 1. The van der Waals surface area contributed by atoms with Gasteiger partial charge in [0.2, 0.25) is 0 Å². The van der Waals surface area contributed by atoms with Gasteiger partial charge in [0.25, 0.3) is 0 Å². The minimum Gasteiger partial charge on any atom is -0.365 e. The van der Waals surface area contributed by atoms with Gasteiger partial charge in [0.05, 0.1) is 16.0 Å². The Morgan fingerprint density at radius 2 is 2.27 bits per heavy atom. The van der Waals surface area contributed by atoms with Crippen molar-refractivity contribution < 1.29 is 4.74 Å². The molecule has 0 aromatic heterocycles. The van der Waals surface area contributed by atoms with Crippen LogP contribution in [0.1, 0.15) is 20.3 Å². The van der Waals surface area contributed by atoms with Crippen LogP contribution in [0.15, 0.2) is 11.1 Å². The van der Waals surface area contributed by atoms with Gasteiger partial charge in [-0.25, -0.2) is 0 Å². The van der Waals surface area contributed by atoms with Gasteiger partial charge >= 0.3 is 0 Å². The van der Waals surface area contributed by atoms with Crippen LogP contribution in [0.25, 0.3) is 0 Å². The normalized spacial score (nSPS) is 40.9. The van der Waals surface area contributed by atoms with Crippen LogP contribution in [0.5, 0.6) is 0 Å². The molecular formula is C10H14Br3ClO. The van der Waals surface area contributed by atoms with Gasteiger partial charge in [-0.2, -0.15) is 0 Å². The van der Waals surface area contributed by atoms with E-state index in [2.05, 4.69) is 61.6 Å².